The van der Waals surface area contributed by atoms with Crippen LogP contribution in [0.4, 0.5) is 5.13 Å². The highest BCUT2D eigenvalue weighted by Gasteiger charge is 2.23. The van der Waals surface area contributed by atoms with Crippen molar-refractivity contribution in [3.63, 3.8) is 0 Å². The predicted octanol–water partition coefficient (Wildman–Crippen LogP) is 4.38. The van der Waals surface area contributed by atoms with E-state index in [-0.39, 0.29) is 5.91 Å². The van der Waals surface area contributed by atoms with Crippen LogP contribution in [-0.2, 0) is 4.79 Å². The second kappa shape index (κ2) is 8.37. The monoisotopic (exact) mass is 415 g/mol. The summed E-state index contributed by atoms with van der Waals surface area (Å²) in [4.78, 5) is 21.4. The van der Waals surface area contributed by atoms with Gasteiger partial charge in [-0.15, -0.1) is 0 Å². The van der Waals surface area contributed by atoms with E-state index in [1.165, 1.54) is 0 Å². The minimum absolute atomic E-state index is 0.141. The Labute approximate surface area is 173 Å². The van der Waals surface area contributed by atoms with Crippen molar-refractivity contribution in [1.82, 2.24) is 9.88 Å². The molecule has 4 rings (SSSR count). The van der Waals surface area contributed by atoms with Crippen molar-refractivity contribution in [2.45, 2.75) is 13.3 Å². The van der Waals surface area contributed by atoms with Crippen molar-refractivity contribution in [2.75, 3.05) is 37.7 Å². The van der Waals surface area contributed by atoms with Gasteiger partial charge in [0.15, 0.2) is 5.13 Å². The number of piperazine rings is 1. The van der Waals surface area contributed by atoms with Gasteiger partial charge in [0.25, 0.3) is 0 Å². The van der Waals surface area contributed by atoms with Crippen LogP contribution in [0.15, 0.2) is 42.5 Å². The molecule has 2 aromatic carbocycles. The molecule has 2 heterocycles. The molecule has 1 saturated heterocycles. The van der Waals surface area contributed by atoms with Gasteiger partial charge in [0.2, 0.25) is 5.91 Å². The first-order chi connectivity index (χ1) is 13.6. The number of benzene rings is 2. The highest BCUT2D eigenvalue weighted by Crippen LogP contribution is 2.33. The van der Waals surface area contributed by atoms with Crippen molar-refractivity contribution < 1.29 is 9.53 Å². The van der Waals surface area contributed by atoms with Gasteiger partial charge in [-0.2, -0.15) is 0 Å². The molecule has 1 amide bonds. The number of anilines is 1. The predicted molar refractivity (Wildman–Crippen MR) is 115 cm³/mol. The van der Waals surface area contributed by atoms with Gasteiger partial charge in [0.05, 0.1) is 23.2 Å². The third-order valence-electron chi connectivity index (χ3n) is 4.97. The molecule has 1 aromatic heterocycles. The van der Waals surface area contributed by atoms with Crippen molar-refractivity contribution >= 4 is 44.2 Å². The number of hydrogen-bond donors (Lipinski definition) is 0. The summed E-state index contributed by atoms with van der Waals surface area (Å²) in [6, 6.07) is 13.5. The van der Waals surface area contributed by atoms with E-state index in [0.717, 1.165) is 44.8 Å². The molecular weight excluding hydrogens is 394 g/mol. The van der Waals surface area contributed by atoms with Crippen LogP contribution < -0.4 is 9.64 Å². The highest BCUT2D eigenvalue weighted by molar-refractivity contribution is 7.22. The van der Waals surface area contributed by atoms with Crippen LogP contribution in [-0.4, -0.2) is 48.6 Å². The summed E-state index contributed by atoms with van der Waals surface area (Å²) in [5.41, 5.74) is 2.00. The number of para-hydroxylation sites is 1. The molecule has 0 aliphatic carbocycles. The number of ether oxygens (including phenoxy) is 1. The largest absolute Gasteiger partial charge is 0.493 e. The molecule has 146 valence electrons. The zero-order valence-electron chi connectivity index (χ0n) is 15.7. The first kappa shape index (κ1) is 19.0. The molecule has 1 aliphatic heterocycles. The second-order valence-electron chi connectivity index (χ2n) is 6.79. The average molecular weight is 416 g/mol. The van der Waals surface area contributed by atoms with Crippen LogP contribution >= 0.6 is 22.9 Å². The Morgan fingerprint density at radius 2 is 1.89 bits per heavy atom. The summed E-state index contributed by atoms with van der Waals surface area (Å²) in [7, 11) is 0. The number of fused-ring (bicyclic) bond motifs is 1. The number of halogens is 1. The molecule has 0 N–H and O–H groups in total. The molecule has 1 aliphatic rings. The lowest BCUT2D eigenvalue weighted by molar-refractivity contribution is -0.132. The van der Waals surface area contributed by atoms with Gasteiger partial charge in [-0.05, 0) is 36.8 Å². The van der Waals surface area contributed by atoms with E-state index in [1.54, 1.807) is 11.3 Å². The number of aromatic nitrogens is 1. The number of nitrogens with zero attached hydrogens (tertiary/aromatic N) is 3. The molecule has 0 saturated carbocycles. The number of amides is 1. The molecule has 0 radical (unpaired) electrons. The second-order valence-corrected chi connectivity index (χ2v) is 8.21. The lowest BCUT2D eigenvalue weighted by Crippen LogP contribution is -2.49. The summed E-state index contributed by atoms with van der Waals surface area (Å²) in [6.07, 6.45) is 0.397. The average Bonchev–Trinajstić information content (AvgIpc) is 3.17. The maximum absolute atomic E-state index is 12.5. The van der Waals surface area contributed by atoms with E-state index in [1.807, 2.05) is 54.3 Å². The highest BCUT2D eigenvalue weighted by atomic mass is 35.5. The van der Waals surface area contributed by atoms with Gasteiger partial charge >= 0.3 is 0 Å². The fraction of sp³-hybridized carbons (Fsp3) is 0.333. The first-order valence-electron chi connectivity index (χ1n) is 9.38. The summed E-state index contributed by atoms with van der Waals surface area (Å²) in [6.45, 7) is 5.40. The molecule has 1 fully saturated rings. The Morgan fingerprint density at radius 1 is 1.14 bits per heavy atom. The van der Waals surface area contributed by atoms with E-state index in [9.17, 15) is 4.79 Å². The van der Waals surface area contributed by atoms with Crippen LogP contribution in [0.1, 0.15) is 12.0 Å². The fourth-order valence-corrected chi connectivity index (χ4v) is 4.53. The number of carbonyl (C=O) groups excluding carboxylic acids is 1. The Kier molecular flexibility index (Phi) is 5.69. The lowest BCUT2D eigenvalue weighted by atomic mass is 10.2. The molecule has 0 spiro atoms. The maximum atomic E-state index is 12.5. The van der Waals surface area contributed by atoms with Gasteiger partial charge in [0.1, 0.15) is 5.75 Å². The van der Waals surface area contributed by atoms with Gasteiger partial charge < -0.3 is 14.5 Å². The summed E-state index contributed by atoms with van der Waals surface area (Å²) < 4.78 is 6.78. The van der Waals surface area contributed by atoms with E-state index in [0.29, 0.717) is 26.1 Å². The zero-order valence-corrected chi connectivity index (χ0v) is 17.3. The minimum atomic E-state index is 0.141. The fourth-order valence-electron chi connectivity index (χ4n) is 3.30. The zero-order chi connectivity index (χ0) is 19.5. The molecule has 5 nitrogen and oxygen atoms in total. The Morgan fingerprint density at radius 3 is 2.64 bits per heavy atom. The minimum Gasteiger partial charge on any atom is -0.493 e. The Bertz CT molecular complexity index is 968. The van der Waals surface area contributed by atoms with Gasteiger partial charge in [-0.25, -0.2) is 4.98 Å². The molecule has 0 atom stereocenters. The molecular formula is C21H22ClN3O2S. The van der Waals surface area contributed by atoms with Gasteiger partial charge in [0, 0.05) is 31.2 Å². The quantitative estimate of drug-likeness (QED) is 0.620. The lowest BCUT2D eigenvalue weighted by Gasteiger charge is -2.34. The van der Waals surface area contributed by atoms with E-state index in [4.69, 9.17) is 21.3 Å². The third kappa shape index (κ3) is 4.08. The van der Waals surface area contributed by atoms with Gasteiger partial charge in [-0.3, -0.25) is 4.79 Å². The van der Waals surface area contributed by atoms with Crippen molar-refractivity contribution in [3.8, 4) is 5.75 Å². The molecule has 7 heteroatoms. The number of hydrogen-bond acceptors (Lipinski definition) is 5. The van der Waals surface area contributed by atoms with Crippen LogP contribution in [0, 0.1) is 6.92 Å². The first-order valence-corrected chi connectivity index (χ1v) is 10.6. The third-order valence-corrected chi connectivity index (χ3v) is 6.46. The van der Waals surface area contributed by atoms with Crippen LogP contribution in [0.25, 0.3) is 10.2 Å². The Hall–Kier alpha value is -2.31. The van der Waals surface area contributed by atoms with Crippen molar-refractivity contribution in [3.05, 3.63) is 53.1 Å². The topological polar surface area (TPSA) is 45.7 Å². The smallest absolute Gasteiger partial charge is 0.226 e. The number of aryl methyl sites for hydroxylation is 1. The van der Waals surface area contributed by atoms with E-state index >= 15 is 0 Å². The van der Waals surface area contributed by atoms with Crippen LogP contribution in [0.2, 0.25) is 5.02 Å². The molecule has 0 unspecified atom stereocenters. The number of carbonyl (C=O) groups is 1. The van der Waals surface area contributed by atoms with E-state index < -0.39 is 0 Å². The van der Waals surface area contributed by atoms with Crippen LogP contribution in [0.5, 0.6) is 5.75 Å². The Balaban J connectivity index is 1.30. The maximum Gasteiger partial charge on any atom is 0.226 e. The number of thiazole rings is 1. The van der Waals surface area contributed by atoms with Gasteiger partial charge in [-0.1, -0.05) is 41.1 Å². The van der Waals surface area contributed by atoms with Crippen molar-refractivity contribution in [1.29, 1.82) is 0 Å². The molecule has 28 heavy (non-hydrogen) atoms. The van der Waals surface area contributed by atoms with E-state index in [2.05, 4.69) is 4.90 Å². The SMILES string of the molecule is Cc1c(Cl)ccc2sc(N3CCN(C(=O)CCOc4ccccc4)CC3)nc12. The standard InChI is InChI=1S/C21H22ClN3O2S/c1-15-17(22)7-8-18-20(15)23-21(28-18)25-12-10-24(11-13-25)19(26)9-14-27-16-5-3-2-4-6-16/h2-8H,9-14H2,1H3. The van der Waals surface area contributed by atoms with Crippen LogP contribution in [0.3, 0.4) is 0 Å². The number of rotatable bonds is 5. The molecule has 0 bridgehead atoms. The normalized spacial score (nSPS) is 14.5. The summed E-state index contributed by atoms with van der Waals surface area (Å²) >= 11 is 7.89. The summed E-state index contributed by atoms with van der Waals surface area (Å²) in [5.74, 6) is 0.939. The summed E-state index contributed by atoms with van der Waals surface area (Å²) in [5, 5.41) is 1.75. The molecule has 3 aromatic rings. The van der Waals surface area contributed by atoms with Crippen molar-refractivity contribution in [2.24, 2.45) is 0 Å².